The average Bonchev–Trinajstić information content (AvgIpc) is 3.52. The van der Waals surface area contributed by atoms with Crippen LogP contribution in [0.15, 0.2) is 65.7 Å². The summed E-state index contributed by atoms with van der Waals surface area (Å²) < 4.78 is 31.7. The molecule has 0 saturated heterocycles. The van der Waals surface area contributed by atoms with Crippen LogP contribution in [0.25, 0.3) is 0 Å². The van der Waals surface area contributed by atoms with Gasteiger partial charge in [-0.25, -0.2) is 13.4 Å². The van der Waals surface area contributed by atoms with Crippen molar-refractivity contribution < 1.29 is 37.1 Å². The number of nitrogens with one attached hydrogen (secondary N) is 3. The van der Waals surface area contributed by atoms with Crippen LogP contribution in [-0.2, 0) is 30.6 Å². The third-order valence-corrected chi connectivity index (χ3v) is 14.2. The Morgan fingerprint density at radius 1 is 0.938 bits per heavy atom. The monoisotopic (exact) mass is 913 g/mol. The first kappa shape index (κ1) is 47.6. The lowest BCUT2D eigenvalue weighted by Crippen LogP contribution is -2.47. The molecule has 6 rings (SSSR count). The molecule has 3 aromatic carbocycles. The number of carbonyl (C=O) groups is 5. The van der Waals surface area contributed by atoms with Gasteiger partial charge in [-0.2, -0.15) is 4.98 Å². The standard InChI is InChI=1S/C47H56ClN7O8S/c1-29(2)64(61,62)41-18-12-11-16-35(41)51-44-34(48)28-50-47(53-44)52-37-25-30(3)31(26-40(37)63-5)22-24-54(4)42(58)19-10-8-6-7-9-13-23-49-36-17-14-15-33-43(36)46(60)55(45(33)59)38-21-20-32(56)27-39(38)57/h11-12,14-18,25-26,28-29,38,49H,6-10,13,19-24,27H2,1-5H3,(H2,50,51,52,53). The van der Waals surface area contributed by atoms with E-state index in [1.807, 2.05) is 26.1 Å². The van der Waals surface area contributed by atoms with Crippen molar-refractivity contribution in [3.63, 3.8) is 0 Å². The number of fused-ring (bicyclic) bond motifs is 1. The number of anilines is 5. The number of sulfone groups is 1. The average molecular weight is 915 g/mol. The lowest BCUT2D eigenvalue weighted by Gasteiger charge is -2.27. The number of ketones is 2. The SMILES string of the molecule is COc1cc(CCN(C)C(=O)CCCCCCCCNc2cccc3c2C(=O)N(C2CCC(=O)CC2=O)C3=O)c(C)cc1Nc1ncc(Cl)c(Nc2ccccc2S(=O)(=O)C(C)C)n1. The fourth-order valence-electron chi connectivity index (χ4n) is 7.90. The van der Waals surface area contributed by atoms with Crippen LogP contribution in [0.2, 0.25) is 5.02 Å². The number of para-hydroxylation sites is 1. The highest BCUT2D eigenvalue weighted by molar-refractivity contribution is 7.92. The molecule has 2 aliphatic rings. The topological polar surface area (TPSA) is 197 Å². The van der Waals surface area contributed by atoms with Crippen molar-refractivity contribution in [2.24, 2.45) is 0 Å². The van der Waals surface area contributed by atoms with Gasteiger partial charge in [-0.05, 0) is 94.0 Å². The number of likely N-dealkylation sites (N-methyl/N-ethyl adjacent to an activating group) is 1. The number of rotatable bonds is 21. The first-order chi connectivity index (χ1) is 30.6. The Morgan fingerprint density at radius 3 is 2.39 bits per heavy atom. The number of aryl methyl sites for hydroxylation is 1. The molecule has 3 N–H and O–H groups in total. The Labute approximate surface area is 379 Å². The minimum atomic E-state index is -3.58. The van der Waals surface area contributed by atoms with Crippen molar-refractivity contribution in [1.82, 2.24) is 19.8 Å². The summed E-state index contributed by atoms with van der Waals surface area (Å²) in [4.78, 5) is 75.5. The minimum Gasteiger partial charge on any atom is -0.495 e. The molecule has 0 spiro atoms. The van der Waals surface area contributed by atoms with Crippen LogP contribution in [-0.4, -0.2) is 96.0 Å². The van der Waals surface area contributed by atoms with Crippen LogP contribution in [0.5, 0.6) is 5.75 Å². The van der Waals surface area contributed by atoms with Crippen molar-refractivity contribution in [2.45, 2.75) is 108 Å². The molecule has 1 aliphatic carbocycles. The zero-order valence-corrected chi connectivity index (χ0v) is 38.5. The number of carbonyl (C=O) groups excluding carboxylic acids is 5. The second kappa shape index (κ2) is 21.2. The van der Waals surface area contributed by atoms with E-state index in [4.69, 9.17) is 16.3 Å². The van der Waals surface area contributed by atoms with Gasteiger partial charge in [0, 0.05) is 38.7 Å². The zero-order chi connectivity index (χ0) is 46.1. The van der Waals surface area contributed by atoms with E-state index in [2.05, 4.69) is 25.9 Å². The molecule has 1 saturated carbocycles. The summed E-state index contributed by atoms with van der Waals surface area (Å²) in [5, 5.41) is 9.16. The number of amides is 3. The molecule has 17 heteroatoms. The Balaban J connectivity index is 0.913. The van der Waals surface area contributed by atoms with Gasteiger partial charge in [-0.3, -0.25) is 28.9 Å². The molecule has 0 radical (unpaired) electrons. The normalized spacial score (nSPS) is 15.1. The second-order valence-corrected chi connectivity index (χ2v) is 19.4. The van der Waals surface area contributed by atoms with Gasteiger partial charge in [-0.1, -0.05) is 55.5 Å². The van der Waals surface area contributed by atoms with E-state index in [-0.39, 0.29) is 69.5 Å². The number of nitrogens with zero attached hydrogens (tertiary/aromatic N) is 4. The van der Waals surface area contributed by atoms with Crippen LogP contribution in [0.1, 0.15) is 110 Å². The molecule has 2 heterocycles. The summed E-state index contributed by atoms with van der Waals surface area (Å²) in [6, 6.07) is 14.6. The molecule has 1 unspecified atom stereocenters. The number of ether oxygens (including phenoxy) is 1. The van der Waals surface area contributed by atoms with E-state index in [1.165, 1.54) is 6.20 Å². The van der Waals surface area contributed by atoms with Crippen LogP contribution in [0.3, 0.4) is 0 Å². The summed E-state index contributed by atoms with van der Waals surface area (Å²) >= 11 is 6.44. The summed E-state index contributed by atoms with van der Waals surface area (Å²) in [6.07, 6.45) is 8.17. The van der Waals surface area contributed by atoms with Gasteiger partial charge >= 0.3 is 0 Å². The molecule has 64 heavy (non-hydrogen) atoms. The van der Waals surface area contributed by atoms with Gasteiger partial charge in [0.2, 0.25) is 11.9 Å². The molecule has 1 fully saturated rings. The van der Waals surface area contributed by atoms with Crippen molar-refractivity contribution in [2.75, 3.05) is 43.2 Å². The van der Waals surface area contributed by atoms with Crippen molar-refractivity contribution in [3.05, 3.63) is 88.1 Å². The molecule has 340 valence electrons. The number of methoxy groups -OCH3 is 1. The summed E-state index contributed by atoms with van der Waals surface area (Å²) in [5.41, 5.74) is 4.10. The summed E-state index contributed by atoms with van der Waals surface area (Å²) in [5.74, 6) is -0.434. The van der Waals surface area contributed by atoms with E-state index >= 15 is 0 Å². The number of imide groups is 1. The maximum Gasteiger partial charge on any atom is 0.264 e. The van der Waals surface area contributed by atoms with E-state index < -0.39 is 32.9 Å². The number of Topliss-reactive ketones (excluding diaryl/α,β-unsaturated/α-hetero) is 2. The van der Waals surface area contributed by atoms with Crippen molar-refractivity contribution >= 4 is 79.6 Å². The number of unbranched alkanes of at least 4 members (excludes halogenated alkanes) is 5. The molecule has 15 nitrogen and oxygen atoms in total. The van der Waals surface area contributed by atoms with Crippen LogP contribution < -0.4 is 20.7 Å². The predicted octanol–water partition coefficient (Wildman–Crippen LogP) is 8.25. The summed E-state index contributed by atoms with van der Waals surface area (Å²) in [6.45, 7) is 6.39. The maximum absolute atomic E-state index is 13.3. The van der Waals surface area contributed by atoms with Gasteiger partial charge in [0.1, 0.15) is 16.6 Å². The first-order valence-corrected chi connectivity index (χ1v) is 23.6. The lowest BCUT2D eigenvalue weighted by atomic mass is 9.92. The quantitative estimate of drug-likeness (QED) is 0.0411. The van der Waals surface area contributed by atoms with Crippen LogP contribution >= 0.6 is 11.6 Å². The van der Waals surface area contributed by atoms with Gasteiger partial charge < -0.3 is 25.6 Å². The fourth-order valence-corrected chi connectivity index (χ4v) is 9.24. The minimum absolute atomic E-state index is 0.0872. The van der Waals surface area contributed by atoms with E-state index in [0.29, 0.717) is 48.7 Å². The van der Waals surface area contributed by atoms with Gasteiger partial charge in [-0.15, -0.1) is 0 Å². The molecular formula is C47H56ClN7O8S. The van der Waals surface area contributed by atoms with Crippen LogP contribution in [0, 0.1) is 6.92 Å². The highest BCUT2D eigenvalue weighted by atomic mass is 35.5. The highest BCUT2D eigenvalue weighted by Gasteiger charge is 2.45. The largest absolute Gasteiger partial charge is 0.495 e. The maximum atomic E-state index is 13.3. The second-order valence-electron chi connectivity index (χ2n) is 16.5. The Hall–Kier alpha value is -5.87. The van der Waals surface area contributed by atoms with Gasteiger partial charge in [0.15, 0.2) is 21.4 Å². The number of halogens is 1. The Bertz CT molecular complexity index is 2530. The lowest BCUT2D eigenvalue weighted by molar-refractivity contribution is -0.133. The molecule has 4 aromatic rings. The Kier molecular flexibility index (Phi) is 15.8. The van der Waals surface area contributed by atoms with E-state index in [1.54, 1.807) is 68.3 Å². The molecule has 0 bridgehead atoms. The van der Waals surface area contributed by atoms with Crippen molar-refractivity contribution in [3.8, 4) is 5.75 Å². The third kappa shape index (κ3) is 11.1. The number of aromatic nitrogens is 2. The predicted molar refractivity (Wildman–Crippen MR) is 247 cm³/mol. The summed E-state index contributed by atoms with van der Waals surface area (Å²) in [7, 11) is -0.197. The molecule has 1 atom stereocenters. The molecule has 1 aliphatic heterocycles. The highest BCUT2D eigenvalue weighted by Crippen LogP contribution is 2.35. The first-order valence-electron chi connectivity index (χ1n) is 21.7. The molecule has 1 aromatic heterocycles. The van der Waals surface area contributed by atoms with E-state index in [0.717, 1.165) is 54.6 Å². The zero-order valence-electron chi connectivity index (χ0n) is 37.0. The third-order valence-electron chi connectivity index (χ3n) is 11.7. The van der Waals surface area contributed by atoms with Gasteiger partial charge in [0.25, 0.3) is 11.8 Å². The fraction of sp³-hybridized carbons (Fsp3) is 0.426. The number of benzene rings is 3. The van der Waals surface area contributed by atoms with Gasteiger partial charge in [0.05, 0.1) is 58.4 Å². The Morgan fingerprint density at radius 2 is 1.66 bits per heavy atom. The number of hydrogen-bond donors (Lipinski definition) is 3. The molecular weight excluding hydrogens is 858 g/mol. The van der Waals surface area contributed by atoms with Crippen LogP contribution in [0.4, 0.5) is 28.8 Å². The molecule has 3 amide bonds. The van der Waals surface area contributed by atoms with Crippen molar-refractivity contribution in [1.29, 1.82) is 0 Å². The van der Waals surface area contributed by atoms with E-state index in [9.17, 15) is 32.4 Å². The smallest absolute Gasteiger partial charge is 0.264 e. The number of hydrogen-bond acceptors (Lipinski definition) is 13.